The zero-order chi connectivity index (χ0) is 14.9. The maximum absolute atomic E-state index is 13.0. The Kier molecular flexibility index (Phi) is 4.02. The maximum Gasteiger partial charge on any atom is 0.263 e. The van der Waals surface area contributed by atoms with Crippen molar-refractivity contribution in [3.05, 3.63) is 45.9 Å². The van der Waals surface area contributed by atoms with Crippen LogP contribution in [0.15, 0.2) is 28.5 Å². The van der Waals surface area contributed by atoms with Crippen molar-refractivity contribution in [2.75, 3.05) is 4.72 Å². The van der Waals surface area contributed by atoms with Gasteiger partial charge in [0.2, 0.25) is 0 Å². The standard InChI is InChI=1S/C11H9F3N2O2S2/c12-7-3-6(4-8(13)11(7)14)16-20(17,18)10-1-2-19-9(10)5-15/h1-4,16H,5,15H2. The Morgan fingerprint density at radius 2 is 1.80 bits per heavy atom. The Balaban J connectivity index is 2.39. The summed E-state index contributed by atoms with van der Waals surface area (Å²) in [7, 11) is -4.03. The Morgan fingerprint density at radius 1 is 1.20 bits per heavy atom. The molecular weight excluding hydrogens is 313 g/mol. The molecule has 9 heteroatoms. The van der Waals surface area contributed by atoms with Gasteiger partial charge in [-0.15, -0.1) is 11.3 Å². The van der Waals surface area contributed by atoms with Gasteiger partial charge in [-0.3, -0.25) is 4.72 Å². The van der Waals surface area contributed by atoms with Crippen LogP contribution in [0, 0.1) is 17.5 Å². The second kappa shape index (κ2) is 5.43. The average Bonchev–Trinajstić information content (AvgIpc) is 2.84. The molecule has 0 atom stereocenters. The van der Waals surface area contributed by atoms with E-state index in [1.165, 1.54) is 11.4 Å². The topological polar surface area (TPSA) is 72.2 Å². The molecule has 2 aromatic rings. The van der Waals surface area contributed by atoms with E-state index in [2.05, 4.69) is 0 Å². The lowest BCUT2D eigenvalue weighted by Crippen LogP contribution is -2.15. The molecule has 0 aliphatic rings. The number of hydrogen-bond donors (Lipinski definition) is 2. The summed E-state index contributed by atoms with van der Waals surface area (Å²) < 4.78 is 64.9. The van der Waals surface area contributed by atoms with Crippen molar-refractivity contribution in [1.82, 2.24) is 0 Å². The number of hydrogen-bond acceptors (Lipinski definition) is 4. The van der Waals surface area contributed by atoms with Crippen molar-refractivity contribution >= 4 is 27.0 Å². The van der Waals surface area contributed by atoms with Crippen molar-refractivity contribution in [2.45, 2.75) is 11.4 Å². The number of rotatable bonds is 4. The molecular formula is C11H9F3N2O2S2. The number of anilines is 1. The first-order valence-electron chi connectivity index (χ1n) is 5.29. The predicted molar refractivity (Wildman–Crippen MR) is 69.3 cm³/mol. The highest BCUT2D eigenvalue weighted by atomic mass is 32.2. The summed E-state index contributed by atoms with van der Waals surface area (Å²) in [6.45, 7) is 0.0139. The van der Waals surface area contributed by atoms with E-state index < -0.39 is 33.2 Å². The molecule has 0 spiro atoms. The third-order valence-corrected chi connectivity index (χ3v) is 4.95. The highest BCUT2D eigenvalue weighted by Crippen LogP contribution is 2.25. The second-order valence-corrected chi connectivity index (χ2v) is 6.42. The zero-order valence-corrected chi connectivity index (χ0v) is 11.5. The molecule has 0 bridgehead atoms. The molecule has 0 radical (unpaired) electrons. The smallest absolute Gasteiger partial charge is 0.263 e. The minimum atomic E-state index is -4.03. The van der Waals surface area contributed by atoms with Crippen LogP contribution in [0.5, 0.6) is 0 Å². The molecule has 3 N–H and O–H groups in total. The van der Waals surface area contributed by atoms with Crippen molar-refractivity contribution in [3.63, 3.8) is 0 Å². The van der Waals surface area contributed by atoms with Gasteiger partial charge in [0.25, 0.3) is 10.0 Å². The average molecular weight is 322 g/mol. The van der Waals surface area contributed by atoms with E-state index in [4.69, 9.17) is 5.73 Å². The molecule has 0 aliphatic carbocycles. The number of sulfonamides is 1. The monoisotopic (exact) mass is 322 g/mol. The molecule has 20 heavy (non-hydrogen) atoms. The van der Waals surface area contributed by atoms with Crippen molar-refractivity contribution in [1.29, 1.82) is 0 Å². The van der Waals surface area contributed by atoms with Gasteiger partial charge in [0.15, 0.2) is 17.5 Å². The molecule has 0 saturated carbocycles. The molecule has 1 aromatic heterocycles. The van der Waals surface area contributed by atoms with Gasteiger partial charge in [0.1, 0.15) is 4.90 Å². The summed E-state index contributed by atoms with van der Waals surface area (Å²) in [5.74, 6) is -4.62. The Hall–Kier alpha value is -1.58. The Morgan fingerprint density at radius 3 is 2.35 bits per heavy atom. The van der Waals surface area contributed by atoms with Crippen LogP contribution in [0.4, 0.5) is 18.9 Å². The summed E-state index contributed by atoms with van der Waals surface area (Å²) in [4.78, 5) is 0.329. The lowest BCUT2D eigenvalue weighted by molar-refractivity contribution is 0.448. The fourth-order valence-electron chi connectivity index (χ4n) is 1.54. The van der Waals surface area contributed by atoms with E-state index in [0.717, 1.165) is 11.3 Å². The van der Waals surface area contributed by atoms with Crippen LogP contribution in [-0.2, 0) is 16.6 Å². The van der Waals surface area contributed by atoms with Crippen molar-refractivity contribution < 1.29 is 21.6 Å². The molecule has 1 aromatic carbocycles. The van der Waals surface area contributed by atoms with Gasteiger partial charge in [-0.2, -0.15) is 0 Å². The third-order valence-electron chi connectivity index (χ3n) is 2.42. The van der Waals surface area contributed by atoms with Crippen LogP contribution in [0.2, 0.25) is 0 Å². The molecule has 108 valence electrons. The van der Waals surface area contributed by atoms with Crippen LogP contribution in [0.3, 0.4) is 0 Å². The van der Waals surface area contributed by atoms with E-state index in [1.54, 1.807) is 0 Å². The lowest BCUT2D eigenvalue weighted by atomic mass is 10.3. The number of halogens is 3. The van der Waals surface area contributed by atoms with Crippen LogP contribution >= 0.6 is 11.3 Å². The second-order valence-electron chi connectivity index (χ2n) is 3.77. The molecule has 4 nitrogen and oxygen atoms in total. The molecule has 0 amide bonds. The van der Waals surface area contributed by atoms with E-state index >= 15 is 0 Å². The SMILES string of the molecule is NCc1sccc1S(=O)(=O)Nc1cc(F)c(F)c(F)c1. The van der Waals surface area contributed by atoms with Crippen LogP contribution in [0.25, 0.3) is 0 Å². The molecule has 1 heterocycles. The largest absolute Gasteiger partial charge is 0.326 e. The third kappa shape index (κ3) is 2.79. The number of benzene rings is 1. The minimum absolute atomic E-state index is 0.0139. The normalized spacial score (nSPS) is 11.6. The van der Waals surface area contributed by atoms with Crippen molar-refractivity contribution in [2.24, 2.45) is 5.73 Å². The number of thiophene rings is 1. The van der Waals surface area contributed by atoms with Gasteiger partial charge in [-0.25, -0.2) is 21.6 Å². The minimum Gasteiger partial charge on any atom is -0.326 e. The first-order chi connectivity index (χ1) is 9.35. The summed E-state index contributed by atoms with van der Waals surface area (Å²) >= 11 is 1.14. The van der Waals surface area contributed by atoms with Crippen LogP contribution < -0.4 is 10.5 Å². The molecule has 0 fully saturated rings. The van der Waals surface area contributed by atoms with Crippen molar-refractivity contribution in [3.8, 4) is 0 Å². The summed E-state index contributed by atoms with van der Waals surface area (Å²) in [5, 5.41) is 1.53. The predicted octanol–water partition coefficient (Wildman–Crippen LogP) is 2.42. The highest BCUT2D eigenvalue weighted by Gasteiger charge is 2.20. The summed E-state index contributed by atoms with van der Waals surface area (Å²) in [5.41, 5.74) is 4.99. The van der Waals surface area contributed by atoms with E-state index in [9.17, 15) is 21.6 Å². The summed E-state index contributed by atoms with van der Waals surface area (Å²) in [6.07, 6.45) is 0. The molecule has 2 rings (SSSR count). The lowest BCUT2D eigenvalue weighted by Gasteiger charge is -2.09. The molecule has 0 unspecified atom stereocenters. The Bertz CT molecular complexity index is 721. The van der Waals surface area contributed by atoms with Gasteiger partial charge in [-0.1, -0.05) is 0 Å². The van der Waals surface area contributed by atoms with E-state index in [0.29, 0.717) is 17.0 Å². The highest BCUT2D eigenvalue weighted by molar-refractivity contribution is 7.93. The van der Waals surface area contributed by atoms with Gasteiger partial charge in [0.05, 0.1) is 5.69 Å². The fraction of sp³-hybridized carbons (Fsp3) is 0.0909. The van der Waals surface area contributed by atoms with Crippen LogP contribution in [-0.4, -0.2) is 8.42 Å². The number of nitrogens with one attached hydrogen (secondary N) is 1. The maximum atomic E-state index is 13.0. The van der Waals surface area contributed by atoms with Gasteiger partial charge in [-0.05, 0) is 11.4 Å². The van der Waals surface area contributed by atoms with Gasteiger partial charge in [0, 0.05) is 23.6 Å². The molecule has 0 saturated heterocycles. The molecule has 0 aliphatic heterocycles. The first-order valence-corrected chi connectivity index (χ1v) is 7.65. The summed E-state index contributed by atoms with van der Waals surface area (Å²) in [6, 6.07) is 2.44. The van der Waals surface area contributed by atoms with E-state index in [-0.39, 0.29) is 11.4 Å². The Labute approximate surface area is 117 Å². The van der Waals surface area contributed by atoms with Crippen LogP contribution in [0.1, 0.15) is 4.88 Å². The van der Waals surface area contributed by atoms with E-state index in [1.807, 2.05) is 4.72 Å². The quantitative estimate of drug-likeness (QED) is 0.849. The fourth-order valence-corrected chi connectivity index (χ4v) is 3.92. The zero-order valence-electron chi connectivity index (χ0n) is 9.86. The first kappa shape index (κ1) is 14.8. The van der Waals surface area contributed by atoms with Gasteiger partial charge >= 0.3 is 0 Å². The van der Waals surface area contributed by atoms with Gasteiger partial charge < -0.3 is 5.73 Å². The number of nitrogens with two attached hydrogens (primary N) is 1.